The van der Waals surface area contributed by atoms with Crippen molar-refractivity contribution in [3.05, 3.63) is 47.4 Å². The predicted octanol–water partition coefficient (Wildman–Crippen LogP) is 0.0107. The quantitative estimate of drug-likeness (QED) is 0.0687. The third-order valence-corrected chi connectivity index (χ3v) is 6.58. The summed E-state index contributed by atoms with van der Waals surface area (Å²) in [6, 6.07) is 0.260. The molecule has 0 aliphatic carbocycles. The van der Waals surface area contributed by atoms with E-state index in [0.29, 0.717) is 25.7 Å². The zero-order valence-electron chi connectivity index (χ0n) is 21.8. The smallest absolute Gasteiger partial charge is 0.332 e. The summed E-state index contributed by atoms with van der Waals surface area (Å²) in [7, 11) is 1.24. The van der Waals surface area contributed by atoms with Crippen LogP contribution < -0.4 is 11.2 Å². The fourth-order valence-electron chi connectivity index (χ4n) is 4.58. The number of nitrogens with two attached hydrogens (primary N) is 1. The molecule has 41 heavy (non-hydrogen) atoms. The van der Waals surface area contributed by atoms with Crippen molar-refractivity contribution in [2.75, 3.05) is 40.0 Å². The minimum absolute atomic E-state index is 0. The molecule has 0 spiro atoms. The Hall–Kier alpha value is -3.69. The first-order valence-electron chi connectivity index (χ1n) is 12.3. The molecular formula is C26H37F3N4O8. The van der Waals surface area contributed by atoms with Crippen LogP contribution in [0.1, 0.15) is 25.8 Å². The van der Waals surface area contributed by atoms with Crippen LogP contribution in [0.4, 0.5) is 13.2 Å². The van der Waals surface area contributed by atoms with Gasteiger partial charge in [0, 0.05) is 56.4 Å². The molecule has 0 bridgehead atoms. The fourth-order valence-corrected chi connectivity index (χ4v) is 4.58. The van der Waals surface area contributed by atoms with Gasteiger partial charge >= 0.3 is 12.4 Å². The van der Waals surface area contributed by atoms with Crippen LogP contribution in [0.5, 0.6) is 0 Å². The highest BCUT2D eigenvalue weighted by molar-refractivity contribution is 5.81. The maximum absolute atomic E-state index is 13.8. The Labute approximate surface area is 235 Å². The van der Waals surface area contributed by atoms with Crippen molar-refractivity contribution in [2.24, 2.45) is 17.6 Å². The molecule has 0 unspecified atom stereocenters. The second kappa shape index (κ2) is 17.2. The monoisotopic (exact) mass is 590 g/mol. The molecule has 1 aromatic rings. The number of hydrogen-bond acceptors (Lipinski definition) is 10. The highest BCUT2D eigenvalue weighted by atomic mass is 19.2. The van der Waals surface area contributed by atoms with Gasteiger partial charge in [0.2, 0.25) is 11.8 Å². The van der Waals surface area contributed by atoms with E-state index in [4.69, 9.17) is 5.73 Å². The number of amides is 2. The molecule has 3 rings (SSSR count). The minimum atomic E-state index is -1.28. The number of halogens is 3. The van der Waals surface area contributed by atoms with Gasteiger partial charge in [-0.2, -0.15) is 0 Å². The van der Waals surface area contributed by atoms with E-state index in [1.807, 2.05) is 0 Å². The summed E-state index contributed by atoms with van der Waals surface area (Å²) in [5, 5.41) is 18.4. The minimum Gasteiger partial charge on any atom is -0.466 e. The van der Waals surface area contributed by atoms with E-state index < -0.39 is 48.6 Å². The topological polar surface area (TPSA) is 172 Å². The molecule has 2 fully saturated rings. The van der Waals surface area contributed by atoms with Gasteiger partial charge in [-0.05, 0) is 24.5 Å². The van der Waals surface area contributed by atoms with Gasteiger partial charge < -0.3 is 35.3 Å². The molecular weight excluding hydrogens is 553 g/mol. The second-order valence-electron chi connectivity index (χ2n) is 9.22. The molecule has 0 radical (unpaired) electrons. The molecule has 5 N–H and O–H groups in total. The van der Waals surface area contributed by atoms with Crippen molar-refractivity contribution in [2.45, 2.75) is 38.8 Å². The van der Waals surface area contributed by atoms with Gasteiger partial charge in [-0.3, -0.25) is 14.4 Å². The molecule has 12 nitrogen and oxygen atoms in total. The number of carbonyl (C=O) groups is 4. The van der Waals surface area contributed by atoms with E-state index >= 15 is 0 Å². The molecule has 2 amide bonds. The van der Waals surface area contributed by atoms with E-state index in [1.165, 1.54) is 7.11 Å². The SMILES string of the molecule is C.COC(=O)/C=C/NOC=O.N[C@@H](CC(=O)N1CC[C@H]2CN(C(=O)C(CO)CO)C[C@H]21)Cc1cc(F)c(F)cc1F. The average Bonchev–Trinajstić information content (AvgIpc) is 3.52. The number of hydroxylamine groups is 1. The number of carbonyl (C=O) groups excluding carboxylic acids is 4. The fraction of sp³-hybridized carbons (Fsp3) is 0.538. The first-order chi connectivity index (χ1) is 19.1. The highest BCUT2D eigenvalue weighted by Crippen LogP contribution is 2.32. The van der Waals surface area contributed by atoms with E-state index in [1.54, 1.807) is 9.80 Å². The van der Waals surface area contributed by atoms with Crippen molar-refractivity contribution in [1.29, 1.82) is 0 Å². The number of methoxy groups -OCH3 is 1. The highest BCUT2D eigenvalue weighted by Gasteiger charge is 2.45. The van der Waals surface area contributed by atoms with Gasteiger partial charge in [-0.25, -0.2) is 23.4 Å². The van der Waals surface area contributed by atoms with Crippen molar-refractivity contribution in [1.82, 2.24) is 15.3 Å². The Morgan fingerprint density at radius 2 is 1.80 bits per heavy atom. The first-order valence-corrected chi connectivity index (χ1v) is 12.3. The summed E-state index contributed by atoms with van der Waals surface area (Å²) < 4.78 is 44.4. The summed E-state index contributed by atoms with van der Waals surface area (Å²) in [5.74, 6) is -5.24. The number of aliphatic hydroxyl groups is 2. The molecule has 1 aromatic carbocycles. The van der Waals surface area contributed by atoms with E-state index in [0.717, 1.165) is 24.8 Å². The summed E-state index contributed by atoms with van der Waals surface area (Å²) in [5.41, 5.74) is 7.93. The predicted molar refractivity (Wildman–Crippen MR) is 139 cm³/mol. The van der Waals surface area contributed by atoms with Crippen LogP contribution in [0.25, 0.3) is 0 Å². The van der Waals surface area contributed by atoms with Crippen LogP contribution in [0, 0.1) is 29.3 Å². The first kappa shape index (κ1) is 35.3. The molecule has 0 saturated carbocycles. The average molecular weight is 591 g/mol. The summed E-state index contributed by atoms with van der Waals surface area (Å²) in [6.07, 6.45) is 2.72. The molecule has 2 aliphatic rings. The van der Waals surface area contributed by atoms with Crippen LogP contribution in [0.3, 0.4) is 0 Å². The number of rotatable bonds is 11. The summed E-state index contributed by atoms with van der Waals surface area (Å²) in [6.45, 7) is 0.598. The zero-order valence-corrected chi connectivity index (χ0v) is 21.8. The Morgan fingerprint density at radius 3 is 2.41 bits per heavy atom. The number of nitrogens with one attached hydrogen (secondary N) is 1. The van der Waals surface area contributed by atoms with E-state index in [2.05, 4.69) is 15.1 Å². The normalized spacial score (nSPS) is 18.2. The van der Waals surface area contributed by atoms with Crippen molar-refractivity contribution in [3.63, 3.8) is 0 Å². The zero-order chi connectivity index (χ0) is 29.8. The van der Waals surface area contributed by atoms with Crippen molar-refractivity contribution in [3.8, 4) is 0 Å². The number of fused-ring (bicyclic) bond motifs is 1. The van der Waals surface area contributed by atoms with Gasteiger partial charge in [0.15, 0.2) is 11.6 Å². The van der Waals surface area contributed by atoms with Gasteiger partial charge in [0.05, 0.1) is 32.3 Å². The lowest BCUT2D eigenvalue weighted by Gasteiger charge is -2.27. The standard InChI is InChI=1S/C20H26F3N3O4.C5H7NO4.CH4/c21-15-6-17(23)16(22)4-12(15)3-14(24)5-19(29)26-2-1-11-7-25(8-18(11)26)20(30)13(9-27)10-28;1-9-5(8)2-3-6-10-4-7;/h4,6,11,13-14,18,27-28H,1-3,5,7-10,24H2;2-4,6H,1H3;1H4/b;3-2+;/t11-,14+,18+;;/m0../s1. The van der Waals surface area contributed by atoms with Gasteiger partial charge in [-0.1, -0.05) is 7.43 Å². The molecule has 15 heteroatoms. The summed E-state index contributed by atoms with van der Waals surface area (Å²) in [4.78, 5) is 52.1. The number of likely N-dealkylation sites (tertiary alicyclic amines) is 2. The van der Waals surface area contributed by atoms with Crippen LogP contribution in [-0.2, 0) is 35.2 Å². The molecule has 3 atom stereocenters. The largest absolute Gasteiger partial charge is 0.466 e. The maximum Gasteiger partial charge on any atom is 0.332 e. The Kier molecular flexibility index (Phi) is 14.8. The molecule has 230 valence electrons. The number of benzene rings is 1. The third-order valence-electron chi connectivity index (χ3n) is 6.58. The molecule has 2 heterocycles. The van der Waals surface area contributed by atoms with Crippen LogP contribution in [0.15, 0.2) is 24.4 Å². The number of ether oxygens (including phenoxy) is 1. The van der Waals surface area contributed by atoms with Gasteiger partial charge in [0.1, 0.15) is 5.82 Å². The molecule has 2 saturated heterocycles. The third kappa shape index (κ3) is 10.0. The second-order valence-corrected chi connectivity index (χ2v) is 9.22. The maximum atomic E-state index is 13.8. The number of hydrogen-bond donors (Lipinski definition) is 4. The van der Waals surface area contributed by atoms with Gasteiger partial charge in [0.25, 0.3) is 0 Å². The summed E-state index contributed by atoms with van der Waals surface area (Å²) >= 11 is 0. The van der Waals surface area contributed by atoms with Crippen molar-refractivity contribution >= 4 is 24.3 Å². The van der Waals surface area contributed by atoms with Crippen LogP contribution in [-0.4, -0.2) is 96.3 Å². The van der Waals surface area contributed by atoms with Crippen LogP contribution >= 0.6 is 0 Å². The van der Waals surface area contributed by atoms with Gasteiger partial charge in [-0.15, -0.1) is 0 Å². The number of esters is 1. The Balaban J connectivity index is 0.000000656. The lowest BCUT2D eigenvalue weighted by atomic mass is 10.0. The lowest BCUT2D eigenvalue weighted by molar-refractivity contribution is -0.139. The Bertz CT molecular complexity index is 1070. The molecule has 2 aliphatic heterocycles. The van der Waals surface area contributed by atoms with Crippen LogP contribution in [0.2, 0.25) is 0 Å². The Morgan fingerprint density at radius 1 is 1.15 bits per heavy atom. The lowest BCUT2D eigenvalue weighted by Crippen LogP contribution is -2.44. The molecule has 0 aromatic heterocycles. The number of aliphatic hydroxyl groups excluding tert-OH is 2. The van der Waals surface area contributed by atoms with E-state index in [-0.39, 0.29) is 56.1 Å². The van der Waals surface area contributed by atoms with E-state index in [9.17, 15) is 42.6 Å². The van der Waals surface area contributed by atoms with Crippen molar-refractivity contribution < 1.29 is 52.1 Å². The number of nitrogens with zero attached hydrogens (tertiary/aromatic N) is 2.